The van der Waals surface area contributed by atoms with Gasteiger partial charge in [-0.1, -0.05) is 182 Å². The lowest BCUT2D eigenvalue weighted by Gasteiger charge is -2.28. The molecule has 0 aliphatic carbocycles. The Labute approximate surface area is 327 Å². The van der Waals surface area contributed by atoms with E-state index in [0.717, 1.165) is 28.3 Å². The number of hydrogen-bond donors (Lipinski definition) is 0. The van der Waals surface area contributed by atoms with Gasteiger partial charge in [0.2, 0.25) is 0 Å². The summed E-state index contributed by atoms with van der Waals surface area (Å²) in [5.74, 6) is 0. The van der Waals surface area contributed by atoms with E-state index in [1.165, 1.54) is 60.8 Å². The summed E-state index contributed by atoms with van der Waals surface area (Å²) in [6, 6.07) is 83.0. The third-order valence-corrected chi connectivity index (χ3v) is 10.8. The molecule has 56 heavy (non-hydrogen) atoms. The summed E-state index contributed by atoms with van der Waals surface area (Å²) < 4.78 is 2.44. The van der Waals surface area contributed by atoms with E-state index < -0.39 is 0 Å². The van der Waals surface area contributed by atoms with E-state index in [0.29, 0.717) is 0 Å². The summed E-state index contributed by atoms with van der Waals surface area (Å²) in [7, 11) is 0. The average molecular weight is 715 g/mol. The van der Waals surface area contributed by atoms with Crippen LogP contribution in [0.5, 0.6) is 0 Å². The fraction of sp³-hybridized carbons (Fsp3) is 0. The third kappa shape index (κ3) is 5.95. The lowest BCUT2D eigenvalue weighted by atomic mass is 9.92. The Morgan fingerprint density at radius 2 is 0.821 bits per heavy atom. The van der Waals surface area contributed by atoms with Crippen molar-refractivity contribution in [1.29, 1.82) is 0 Å². The molecule has 0 amide bonds. The van der Waals surface area contributed by atoms with Gasteiger partial charge in [-0.2, -0.15) is 0 Å². The molecule has 0 atom stereocenters. The topological polar surface area (TPSA) is 8.17 Å². The number of benzene rings is 9. The van der Waals surface area contributed by atoms with Crippen LogP contribution in [-0.4, -0.2) is 4.57 Å². The Morgan fingerprint density at radius 1 is 0.304 bits per heavy atom. The first-order valence-corrected chi connectivity index (χ1v) is 19.2. The number of fused-ring (bicyclic) bond motifs is 3. The minimum Gasteiger partial charge on any atom is -0.310 e. The molecule has 1 aromatic heterocycles. The summed E-state index contributed by atoms with van der Waals surface area (Å²) in [5.41, 5.74) is 16.3. The zero-order valence-electron chi connectivity index (χ0n) is 30.8. The monoisotopic (exact) mass is 714 g/mol. The Morgan fingerprint density at radius 3 is 1.54 bits per heavy atom. The Kier molecular flexibility index (Phi) is 8.55. The molecule has 0 saturated heterocycles. The SMILES string of the molecule is c1ccc(-c2ccc(-c3cc(N(c4ccccc4)c4cccc5c4c4ccccc4n5-c4ccccc4-c4ccccc4)ccc3-c3ccccc3)cc2)cc1. The van der Waals surface area contributed by atoms with Gasteiger partial charge < -0.3 is 9.47 Å². The van der Waals surface area contributed by atoms with Gasteiger partial charge in [0.05, 0.1) is 22.4 Å². The van der Waals surface area contributed by atoms with Crippen molar-refractivity contribution in [2.24, 2.45) is 0 Å². The number of rotatable bonds is 8. The number of hydrogen-bond acceptors (Lipinski definition) is 1. The van der Waals surface area contributed by atoms with Crippen molar-refractivity contribution < 1.29 is 0 Å². The van der Waals surface area contributed by atoms with Gasteiger partial charge in [-0.25, -0.2) is 0 Å². The molecule has 0 spiro atoms. The molecule has 1 heterocycles. The summed E-state index contributed by atoms with van der Waals surface area (Å²) in [4.78, 5) is 2.43. The number of aromatic nitrogens is 1. The Balaban J connectivity index is 1.21. The van der Waals surface area contributed by atoms with E-state index in [4.69, 9.17) is 0 Å². The number of anilines is 3. The van der Waals surface area contributed by atoms with Crippen LogP contribution in [0.4, 0.5) is 17.1 Å². The van der Waals surface area contributed by atoms with Crippen molar-refractivity contribution in [2.75, 3.05) is 4.90 Å². The smallest absolute Gasteiger partial charge is 0.0562 e. The molecule has 2 heteroatoms. The molecule has 10 aromatic rings. The average Bonchev–Trinajstić information content (AvgIpc) is 3.63. The van der Waals surface area contributed by atoms with Gasteiger partial charge in [0, 0.05) is 27.7 Å². The molecule has 9 aromatic carbocycles. The van der Waals surface area contributed by atoms with Gasteiger partial charge in [-0.05, 0) is 87.5 Å². The van der Waals surface area contributed by atoms with E-state index in [1.807, 2.05) is 0 Å². The van der Waals surface area contributed by atoms with Crippen LogP contribution in [-0.2, 0) is 0 Å². The van der Waals surface area contributed by atoms with Crippen LogP contribution in [0.2, 0.25) is 0 Å². The van der Waals surface area contributed by atoms with Crippen molar-refractivity contribution in [3.63, 3.8) is 0 Å². The van der Waals surface area contributed by atoms with E-state index in [-0.39, 0.29) is 0 Å². The first kappa shape index (κ1) is 33.2. The Hall–Kier alpha value is -7.42. The van der Waals surface area contributed by atoms with E-state index in [9.17, 15) is 0 Å². The first-order valence-electron chi connectivity index (χ1n) is 19.2. The fourth-order valence-electron chi connectivity index (χ4n) is 8.23. The van der Waals surface area contributed by atoms with Crippen LogP contribution in [0.3, 0.4) is 0 Å². The van der Waals surface area contributed by atoms with Gasteiger partial charge in [-0.15, -0.1) is 0 Å². The zero-order valence-corrected chi connectivity index (χ0v) is 30.8. The van der Waals surface area contributed by atoms with Crippen molar-refractivity contribution in [1.82, 2.24) is 4.57 Å². The van der Waals surface area contributed by atoms with Gasteiger partial charge in [0.1, 0.15) is 0 Å². The first-order chi connectivity index (χ1) is 27.8. The molecule has 0 unspecified atom stereocenters. The molecule has 0 bridgehead atoms. The highest BCUT2D eigenvalue weighted by molar-refractivity contribution is 6.17. The van der Waals surface area contributed by atoms with Gasteiger partial charge in [0.25, 0.3) is 0 Å². The number of para-hydroxylation sites is 3. The van der Waals surface area contributed by atoms with Crippen LogP contribution in [0.1, 0.15) is 0 Å². The number of nitrogens with zero attached hydrogens (tertiary/aromatic N) is 2. The predicted octanol–water partition coefficient (Wildman–Crippen LogP) is 14.9. The zero-order chi connectivity index (χ0) is 37.3. The summed E-state index contributed by atoms with van der Waals surface area (Å²) in [5, 5.41) is 2.41. The maximum atomic E-state index is 2.44. The van der Waals surface area contributed by atoms with Crippen LogP contribution in [0.15, 0.2) is 231 Å². The molecule has 0 fully saturated rings. The molecular formula is C54H38N2. The molecule has 2 nitrogen and oxygen atoms in total. The van der Waals surface area contributed by atoms with Crippen LogP contribution in [0, 0.1) is 0 Å². The van der Waals surface area contributed by atoms with Crippen molar-refractivity contribution in [2.45, 2.75) is 0 Å². The standard InChI is InChI=1S/C54H38N2/c1-5-18-39(19-6-1)40-32-34-43(35-33-40)49-38-45(36-37-46(49)41-20-7-2-8-21-41)55(44-24-11-4-12-25-44)52-30-17-31-53-54(52)48-27-14-16-29-51(48)56(53)50-28-15-13-26-47(50)42-22-9-3-10-23-42/h1-38H. The summed E-state index contributed by atoms with van der Waals surface area (Å²) >= 11 is 0. The maximum absolute atomic E-state index is 2.44. The summed E-state index contributed by atoms with van der Waals surface area (Å²) in [6.45, 7) is 0. The molecule has 0 saturated carbocycles. The predicted molar refractivity (Wildman–Crippen MR) is 237 cm³/mol. The maximum Gasteiger partial charge on any atom is 0.0562 e. The summed E-state index contributed by atoms with van der Waals surface area (Å²) in [6.07, 6.45) is 0. The molecular weight excluding hydrogens is 677 g/mol. The highest BCUT2D eigenvalue weighted by atomic mass is 15.1. The molecule has 0 N–H and O–H groups in total. The van der Waals surface area contributed by atoms with Gasteiger partial charge in [0.15, 0.2) is 0 Å². The van der Waals surface area contributed by atoms with Crippen LogP contribution in [0.25, 0.3) is 72.0 Å². The minimum absolute atomic E-state index is 1.09. The van der Waals surface area contributed by atoms with E-state index >= 15 is 0 Å². The highest BCUT2D eigenvalue weighted by Gasteiger charge is 2.23. The van der Waals surface area contributed by atoms with Gasteiger partial charge in [-0.3, -0.25) is 0 Å². The lowest BCUT2D eigenvalue weighted by Crippen LogP contribution is -2.10. The molecule has 0 aliphatic heterocycles. The Bertz CT molecular complexity index is 2930. The third-order valence-electron chi connectivity index (χ3n) is 10.8. The fourth-order valence-corrected chi connectivity index (χ4v) is 8.23. The highest BCUT2D eigenvalue weighted by Crippen LogP contribution is 2.46. The largest absolute Gasteiger partial charge is 0.310 e. The van der Waals surface area contributed by atoms with Crippen LogP contribution >= 0.6 is 0 Å². The van der Waals surface area contributed by atoms with E-state index in [2.05, 4.69) is 240 Å². The second-order valence-electron chi connectivity index (χ2n) is 14.1. The normalized spacial score (nSPS) is 11.2. The molecule has 10 rings (SSSR count). The quantitative estimate of drug-likeness (QED) is 0.152. The van der Waals surface area contributed by atoms with Crippen LogP contribution < -0.4 is 4.90 Å². The minimum atomic E-state index is 1.09. The molecule has 0 radical (unpaired) electrons. The van der Waals surface area contributed by atoms with Crippen molar-refractivity contribution in [3.8, 4) is 50.2 Å². The van der Waals surface area contributed by atoms with Crippen molar-refractivity contribution >= 4 is 38.9 Å². The van der Waals surface area contributed by atoms with E-state index in [1.54, 1.807) is 0 Å². The lowest BCUT2D eigenvalue weighted by molar-refractivity contribution is 1.18. The van der Waals surface area contributed by atoms with Gasteiger partial charge >= 0.3 is 0 Å². The van der Waals surface area contributed by atoms with Crippen molar-refractivity contribution in [3.05, 3.63) is 231 Å². The molecule has 264 valence electrons. The second-order valence-corrected chi connectivity index (χ2v) is 14.1. The molecule has 0 aliphatic rings. The second kappa shape index (κ2) is 14.4.